The van der Waals surface area contributed by atoms with E-state index in [1.165, 1.54) is 18.4 Å². The van der Waals surface area contributed by atoms with Gasteiger partial charge in [0.1, 0.15) is 5.88 Å². The summed E-state index contributed by atoms with van der Waals surface area (Å²) in [6, 6.07) is 11.1. The first kappa shape index (κ1) is 15.3. The predicted octanol–water partition coefficient (Wildman–Crippen LogP) is 2.78. The van der Waals surface area contributed by atoms with Crippen LogP contribution in [-0.4, -0.2) is 35.8 Å². The first-order valence-corrected chi connectivity index (χ1v) is 7.83. The van der Waals surface area contributed by atoms with Gasteiger partial charge in [-0.1, -0.05) is 43.2 Å². The molecular formula is C16H23ClN2O. The highest BCUT2D eigenvalue weighted by Gasteiger charge is 2.29. The Bertz CT molecular complexity index is 424. The number of rotatable bonds is 5. The molecule has 0 aliphatic heterocycles. The second-order valence-electron chi connectivity index (χ2n) is 5.56. The molecule has 20 heavy (non-hydrogen) atoms. The van der Waals surface area contributed by atoms with Crippen molar-refractivity contribution in [3.05, 3.63) is 35.9 Å². The Morgan fingerprint density at radius 2 is 2.00 bits per heavy atom. The number of benzene rings is 1. The van der Waals surface area contributed by atoms with E-state index >= 15 is 0 Å². The van der Waals surface area contributed by atoms with E-state index in [0.717, 1.165) is 19.4 Å². The molecule has 0 unspecified atom stereocenters. The number of carbonyl (C=O) groups is 1. The zero-order valence-electron chi connectivity index (χ0n) is 12.0. The lowest BCUT2D eigenvalue weighted by molar-refractivity contribution is -0.120. The van der Waals surface area contributed by atoms with Gasteiger partial charge in [-0.2, -0.15) is 0 Å². The molecule has 1 amide bonds. The molecule has 2 atom stereocenters. The van der Waals surface area contributed by atoms with Crippen molar-refractivity contribution in [2.75, 3.05) is 12.9 Å². The average Bonchev–Trinajstić information content (AvgIpc) is 2.48. The second-order valence-corrected chi connectivity index (χ2v) is 5.83. The van der Waals surface area contributed by atoms with Gasteiger partial charge in [0.25, 0.3) is 0 Å². The Hall–Kier alpha value is -1.06. The maximum absolute atomic E-state index is 11.5. The second kappa shape index (κ2) is 7.65. The van der Waals surface area contributed by atoms with Gasteiger partial charge in [-0.3, -0.25) is 9.69 Å². The summed E-state index contributed by atoms with van der Waals surface area (Å²) in [5, 5.41) is 3.07. The minimum Gasteiger partial charge on any atom is -0.351 e. The van der Waals surface area contributed by atoms with E-state index in [4.69, 9.17) is 11.6 Å². The third-order valence-corrected chi connectivity index (χ3v) is 4.28. The number of hydrogen-bond donors (Lipinski definition) is 1. The zero-order chi connectivity index (χ0) is 14.4. The molecule has 2 rings (SSSR count). The molecular weight excluding hydrogens is 272 g/mol. The van der Waals surface area contributed by atoms with Crippen molar-refractivity contribution in [3.63, 3.8) is 0 Å². The highest BCUT2D eigenvalue weighted by atomic mass is 35.5. The van der Waals surface area contributed by atoms with Crippen molar-refractivity contribution >= 4 is 17.5 Å². The topological polar surface area (TPSA) is 32.3 Å². The van der Waals surface area contributed by atoms with E-state index in [1.54, 1.807) is 0 Å². The van der Waals surface area contributed by atoms with E-state index in [-0.39, 0.29) is 17.8 Å². The zero-order valence-corrected chi connectivity index (χ0v) is 12.8. The summed E-state index contributed by atoms with van der Waals surface area (Å²) < 4.78 is 0. The molecule has 3 nitrogen and oxygen atoms in total. The first-order chi connectivity index (χ1) is 9.70. The third kappa shape index (κ3) is 4.22. The van der Waals surface area contributed by atoms with Crippen LogP contribution >= 0.6 is 11.6 Å². The van der Waals surface area contributed by atoms with Crippen molar-refractivity contribution in [2.24, 2.45) is 0 Å². The van der Waals surface area contributed by atoms with Gasteiger partial charge in [-0.25, -0.2) is 0 Å². The standard InChI is InChI=1S/C16H23ClN2O/c1-19(12-13-7-3-2-4-8-13)15-10-6-5-9-14(15)18-16(20)11-17/h2-4,7-8,14-15H,5-6,9-12H2,1H3,(H,18,20)/t14-,15+/m1/s1. The number of carbonyl (C=O) groups excluding carboxylic acids is 1. The van der Waals surface area contributed by atoms with Crippen LogP contribution in [0.5, 0.6) is 0 Å². The van der Waals surface area contributed by atoms with E-state index in [9.17, 15) is 4.79 Å². The highest BCUT2D eigenvalue weighted by molar-refractivity contribution is 6.27. The normalized spacial score (nSPS) is 22.8. The van der Waals surface area contributed by atoms with Crippen LogP contribution in [0.2, 0.25) is 0 Å². The predicted molar refractivity (Wildman–Crippen MR) is 82.8 cm³/mol. The van der Waals surface area contributed by atoms with Gasteiger partial charge in [0.15, 0.2) is 0 Å². The lowest BCUT2D eigenvalue weighted by Crippen LogP contribution is -2.52. The van der Waals surface area contributed by atoms with E-state index in [1.807, 2.05) is 6.07 Å². The molecule has 1 aliphatic carbocycles. The van der Waals surface area contributed by atoms with Crippen molar-refractivity contribution in [3.8, 4) is 0 Å². The summed E-state index contributed by atoms with van der Waals surface area (Å²) in [6.07, 6.45) is 4.60. The molecule has 110 valence electrons. The van der Waals surface area contributed by atoms with Gasteiger partial charge in [0.2, 0.25) is 5.91 Å². The quantitative estimate of drug-likeness (QED) is 0.847. The molecule has 1 aromatic carbocycles. The Morgan fingerprint density at radius 1 is 1.30 bits per heavy atom. The van der Waals surface area contributed by atoms with Crippen molar-refractivity contribution in [2.45, 2.75) is 44.3 Å². The molecule has 1 aliphatic rings. The van der Waals surface area contributed by atoms with Crippen LogP contribution in [0.1, 0.15) is 31.2 Å². The fourth-order valence-electron chi connectivity index (χ4n) is 3.04. The van der Waals surface area contributed by atoms with Crippen LogP contribution < -0.4 is 5.32 Å². The first-order valence-electron chi connectivity index (χ1n) is 7.30. The molecule has 0 bridgehead atoms. The minimum absolute atomic E-state index is 0.0472. The molecule has 1 fully saturated rings. The molecule has 4 heteroatoms. The van der Waals surface area contributed by atoms with Crippen LogP contribution in [0.25, 0.3) is 0 Å². The molecule has 1 N–H and O–H groups in total. The largest absolute Gasteiger partial charge is 0.351 e. The Balaban J connectivity index is 1.98. The summed E-state index contributed by atoms with van der Waals surface area (Å²) in [7, 11) is 2.14. The fraction of sp³-hybridized carbons (Fsp3) is 0.562. The van der Waals surface area contributed by atoms with Crippen LogP contribution in [0.3, 0.4) is 0 Å². The number of alkyl halides is 1. The van der Waals surface area contributed by atoms with Crippen molar-refractivity contribution in [1.82, 2.24) is 10.2 Å². The molecule has 0 heterocycles. The van der Waals surface area contributed by atoms with E-state index < -0.39 is 0 Å². The molecule has 0 spiro atoms. The summed E-state index contributed by atoms with van der Waals surface area (Å²) in [5.74, 6) is -0.0114. The highest BCUT2D eigenvalue weighted by Crippen LogP contribution is 2.23. The number of likely N-dealkylation sites (N-methyl/N-ethyl adjacent to an activating group) is 1. The third-order valence-electron chi connectivity index (χ3n) is 4.04. The van der Waals surface area contributed by atoms with Crippen LogP contribution in [0.4, 0.5) is 0 Å². The van der Waals surface area contributed by atoms with Gasteiger partial charge in [-0.15, -0.1) is 11.6 Å². The maximum Gasteiger partial charge on any atom is 0.235 e. The Labute approximate surface area is 126 Å². The molecule has 1 saturated carbocycles. The number of hydrogen-bond acceptors (Lipinski definition) is 2. The van der Waals surface area contributed by atoms with Gasteiger partial charge < -0.3 is 5.32 Å². The SMILES string of the molecule is CN(Cc1ccccc1)[C@H]1CCCC[C@H]1NC(=O)CCl. The number of nitrogens with zero attached hydrogens (tertiary/aromatic N) is 1. The monoisotopic (exact) mass is 294 g/mol. The van der Waals surface area contributed by atoms with Crippen molar-refractivity contribution < 1.29 is 4.79 Å². The van der Waals surface area contributed by atoms with Crippen LogP contribution in [-0.2, 0) is 11.3 Å². The van der Waals surface area contributed by atoms with E-state index in [2.05, 4.69) is 41.5 Å². The molecule has 0 radical (unpaired) electrons. The van der Waals surface area contributed by atoms with Crippen LogP contribution in [0.15, 0.2) is 30.3 Å². The summed E-state index contributed by atoms with van der Waals surface area (Å²) in [6.45, 7) is 0.915. The smallest absolute Gasteiger partial charge is 0.235 e. The average molecular weight is 295 g/mol. The summed E-state index contributed by atoms with van der Waals surface area (Å²) in [5.41, 5.74) is 1.31. The number of amides is 1. The van der Waals surface area contributed by atoms with Gasteiger partial charge in [-0.05, 0) is 25.5 Å². The number of halogens is 1. The molecule has 1 aromatic rings. The molecule has 0 saturated heterocycles. The van der Waals surface area contributed by atoms with Gasteiger partial charge in [0.05, 0.1) is 0 Å². The maximum atomic E-state index is 11.5. The van der Waals surface area contributed by atoms with E-state index in [0.29, 0.717) is 6.04 Å². The summed E-state index contributed by atoms with van der Waals surface area (Å²) >= 11 is 5.60. The van der Waals surface area contributed by atoms with Crippen LogP contribution in [0, 0.1) is 0 Å². The number of nitrogens with one attached hydrogen (secondary N) is 1. The fourth-order valence-corrected chi connectivity index (χ4v) is 3.12. The molecule has 0 aromatic heterocycles. The Morgan fingerprint density at radius 3 is 2.70 bits per heavy atom. The van der Waals surface area contributed by atoms with Gasteiger partial charge in [0, 0.05) is 18.6 Å². The lowest BCUT2D eigenvalue weighted by atomic mass is 9.89. The summed E-state index contributed by atoms with van der Waals surface area (Å²) in [4.78, 5) is 13.9. The Kier molecular flexibility index (Phi) is 5.86. The lowest BCUT2D eigenvalue weighted by Gasteiger charge is -2.38. The van der Waals surface area contributed by atoms with Crippen molar-refractivity contribution in [1.29, 1.82) is 0 Å². The van der Waals surface area contributed by atoms with Gasteiger partial charge >= 0.3 is 0 Å². The minimum atomic E-state index is -0.0586.